The van der Waals surface area contributed by atoms with Gasteiger partial charge in [-0.2, -0.15) is 5.10 Å². The lowest BCUT2D eigenvalue weighted by Gasteiger charge is -2.35. The van der Waals surface area contributed by atoms with Crippen LogP contribution in [0.15, 0.2) is 12.3 Å². The van der Waals surface area contributed by atoms with E-state index in [0.29, 0.717) is 24.4 Å². The fraction of sp³-hybridized carbons (Fsp3) is 0.714. The van der Waals surface area contributed by atoms with Crippen molar-refractivity contribution in [2.75, 3.05) is 26.2 Å². The monoisotopic (exact) mass is 280 g/mol. The van der Waals surface area contributed by atoms with Crippen molar-refractivity contribution < 1.29 is 9.53 Å². The van der Waals surface area contributed by atoms with E-state index in [2.05, 4.69) is 29.2 Å². The van der Waals surface area contributed by atoms with Gasteiger partial charge in [-0.3, -0.25) is 14.4 Å². The normalized spacial score (nSPS) is 23.8. The number of ether oxygens (including phenoxy) is 1. The SMILES string of the molecule is C[C@@H]1CN(CCCNC(=O)c2ccnn2C)C[C@H](C)O1. The summed E-state index contributed by atoms with van der Waals surface area (Å²) in [7, 11) is 1.77. The van der Waals surface area contributed by atoms with Crippen LogP contribution in [0.2, 0.25) is 0 Å². The summed E-state index contributed by atoms with van der Waals surface area (Å²) < 4.78 is 7.29. The number of nitrogens with zero attached hydrogens (tertiary/aromatic N) is 3. The minimum atomic E-state index is -0.0614. The van der Waals surface area contributed by atoms with E-state index in [0.717, 1.165) is 26.1 Å². The van der Waals surface area contributed by atoms with Gasteiger partial charge in [-0.25, -0.2) is 0 Å². The number of hydrogen-bond donors (Lipinski definition) is 1. The first-order valence-electron chi connectivity index (χ1n) is 7.20. The molecule has 20 heavy (non-hydrogen) atoms. The molecule has 0 saturated carbocycles. The van der Waals surface area contributed by atoms with Gasteiger partial charge in [-0.05, 0) is 26.3 Å². The molecule has 1 fully saturated rings. The highest BCUT2D eigenvalue weighted by Gasteiger charge is 2.21. The Labute approximate surface area is 120 Å². The Kier molecular flexibility index (Phi) is 5.14. The first-order valence-corrected chi connectivity index (χ1v) is 7.20. The van der Waals surface area contributed by atoms with E-state index in [1.165, 1.54) is 0 Å². The van der Waals surface area contributed by atoms with Gasteiger partial charge in [0.2, 0.25) is 0 Å². The lowest BCUT2D eigenvalue weighted by molar-refractivity contribution is -0.0680. The number of morpholine rings is 1. The van der Waals surface area contributed by atoms with Crippen LogP contribution in [0.4, 0.5) is 0 Å². The van der Waals surface area contributed by atoms with Crippen LogP contribution in [-0.2, 0) is 11.8 Å². The molecule has 1 aliphatic rings. The largest absolute Gasteiger partial charge is 0.373 e. The number of nitrogens with one attached hydrogen (secondary N) is 1. The third kappa shape index (κ3) is 4.05. The van der Waals surface area contributed by atoms with E-state index in [-0.39, 0.29) is 5.91 Å². The predicted molar refractivity (Wildman–Crippen MR) is 76.6 cm³/mol. The predicted octanol–water partition coefficient (Wildman–Crippen LogP) is 0.649. The zero-order valence-electron chi connectivity index (χ0n) is 12.5. The van der Waals surface area contributed by atoms with Gasteiger partial charge < -0.3 is 10.1 Å². The summed E-state index contributed by atoms with van der Waals surface area (Å²) in [6.45, 7) is 7.83. The topological polar surface area (TPSA) is 59.4 Å². The summed E-state index contributed by atoms with van der Waals surface area (Å²) in [4.78, 5) is 14.3. The van der Waals surface area contributed by atoms with Crippen molar-refractivity contribution in [1.82, 2.24) is 20.0 Å². The van der Waals surface area contributed by atoms with Crippen LogP contribution in [0, 0.1) is 0 Å². The Balaban J connectivity index is 1.66. The summed E-state index contributed by atoms with van der Waals surface area (Å²) in [6.07, 6.45) is 3.17. The summed E-state index contributed by atoms with van der Waals surface area (Å²) in [5.74, 6) is -0.0614. The smallest absolute Gasteiger partial charge is 0.269 e. The van der Waals surface area contributed by atoms with Crippen LogP contribution in [0.25, 0.3) is 0 Å². The minimum absolute atomic E-state index is 0.0614. The van der Waals surface area contributed by atoms with Crippen molar-refractivity contribution in [3.63, 3.8) is 0 Å². The molecular formula is C14H24N4O2. The fourth-order valence-corrected chi connectivity index (χ4v) is 2.66. The van der Waals surface area contributed by atoms with Gasteiger partial charge in [0, 0.05) is 39.4 Å². The zero-order chi connectivity index (χ0) is 14.5. The molecule has 1 amide bonds. The van der Waals surface area contributed by atoms with Gasteiger partial charge in [0.25, 0.3) is 5.91 Å². The van der Waals surface area contributed by atoms with Crippen molar-refractivity contribution in [1.29, 1.82) is 0 Å². The van der Waals surface area contributed by atoms with E-state index < -0.39 is 0 Å². The number of hydrogen-bond acceptors (Lipinski definition) is 4. The number of aryl methyl sites for hydroxylation is 1. The molecule has 6 nitrogen and oxygen atoms in total. The number of carbonyl (C=O) groups excluding carboxylic acids is 1. The molecule has 2 heterocycles. The van der Waals surface area contributed by atoms with Crippen molar-refractivity contribution >= 4 is 5.91 Å². The molecule has 2 atom stereocenters. The van der Waals surface area contributed by atoms with Gasteiger partial charge in [-0.1, -0.05) is 0 Å². The molecule has 1 aromatic rings. The molecule has 0 aromatic carbocycles. The van der Waals surface area contributed by atoms with Gasteiger partial charge >= 0.3 is 0 Å². The third-order valence-corrected chi connectivity index (χ3v) is 3.49. The average Bonchev–Trinajstić information content (AvgIpc) is 2.79. The molecule has 2 rings (SSSR count). The van der Waals surface area contributed by atoms with Crippen LogP contribution in [0.5, 0.6) is 0 Å². The van der Waals surface area contributed by atoms with Crippen molar-refractivity contribution in [3.8, 4) is 0 Å². The molecular weight excluding hydrogens is 256 g/mol. The van der Waals surface area contributed by atoms with Gasteiger partial charge in [0.05, 0.1) is 12.2 Å². The van der Waals surface area contributed by atoms with E-state index in [4.69, 9.17) is 4.74 Å². The summed E-state index contributed by atoms with van der Waals surface area (Å²) in [5, 5.41) is 6.92. The number of amides is 1. The van der Waals surface area contributed by atoms with Gasteiger partial charge in [0.15, 0.2) is 0 Å². The molecule has 6 heteroatoms. The highest BCUT2D eigenvalue weighted by atomic mass is 16.5. The molecule has 0 aliphatic carbocycles. The van der Waals surface area contributed by atoms with Crippen LogP contribution >= 0.6 is 0 Å². The third-order valence-electron chi connectivity index (χ3n) is 3.49. The highest BCUT2D eigenvalue weighted by molar-refractivity contribution is 5.92. The number of rotatable bonds is 5. The van der Waals surface area contributed by atoms with Crippen LogP contribution in [0.1, 0.15) is 30.8 Å². The summed E-state index contributed by atoms with van der Waals surface area (Å²) in [6, 6.07) is 1.72. The fourth-order valence-electron chi connectivity index (χ4n) is 2.66. The molecule has 0 bridgehead atoms. The van der Waals surface area contributed by atoms with E-state index in [9.17, 15) is 4.79 Å². The zero-order valence-corrected chi connectivity index (χ0v) is 12.5. The molecule has 1 N–H and O–H groups in total. The Bertz CT molecular complexity index is 436. The van der Waals surface area contributed by atoms with Crippen LogP contribution < -0.4 is 5.32 Å². The maximum Gasteiger partial charge on any atom is 0.269 e. The number of carbonyl (C=O) groups is 1. The second-order valence-electron chi connectivity index (χ2n) is 5.47. The lowest BCUT2D eigenvalue weighted by atomic mass is 10.2. The second kappa shape index (κ2) is 6.85. The Morgan fingerprint density at radius 1 is 1.45 bits per heavy atom. The summed E-state index contributed by atoms with van der Waals surface area (Å²) in [5.41, 5.74) is 0.596. The maximum absolute atomic E-state index is 11.9. The first-order chi connectivity index (χ1) is 9.56. The highest BCUT2D eigenvalue weighted by Crippen LogP contribution is 2.10. The molecule has 1 saturated heterocycles. The Morgan fingerprint density at radius 3 is 2.75 bits per heavy atom. The number of aromatic nitrogens is 2. The lowest BCUT2D eigenvalue weighted by Crippen LogP contribution is -2.46. The summed E-state index contributed by atoms with van der Waals surface area (Å²) >= 11 is 0. The van der Waals surface area contributed by atoms with E-state index >= 15 is 0 Å². The van der Waals surface area contributed by atoms with Crippen molar-refractivity contribution in [3.05, 3.63) is 18.0 Å². The Hall–Kier alpha value is -1.40. The quantitative estimate of drug-likeness (QED) is 0.805. The van der Waals surface area contributed by atoms with E-state index in [1.54, 1.807) is 24.0 Å². The molecule has 0 radical (unpaired) electrons. The standard InChI is InChI=1S/C14H24N4O2/c1-11-9-18(10-12(2)20-11)8-4-6-15-14(19)13-5-7-16-17(13)3/h5,7,11-12H,4,6,8-10H2,1-3H3,(H,15,19)/t11-,12+. The molecule has 0 unspecified atom stereocenters. The molecule has 1 aromatic heterocycles. The maximum atomic E-state index is 11.9. The molecule has 112 valence electrons. The first kappa shape index (κ1) is 15.0. The van der Waals surface area contributed by atoms with Crippen LogP contribution in [0.3, 0.4) is 0 Å². The van der Waals surface area contributed by atoms with Gasteiger partial charge in [-0.15, -0.1) is 0 Å². The Morgan fingerprint density at radius 2 is 2.15 bits per heavy atom. The molecule has 1 aliphatic heterocycles. The van der Waals surface area contributed by atoms with Crippen molar-refractivity contribution in [2.24, 2.45) is 7.05 Å². The second-order valence-corrected chi connectivity index (χ2v) is 5.47. The average molecular weight is 280 g/mol. The van der Waals surface area contributed by atoms with E-state index in [1.807, 2.05) is 0 Å². The minimum Gasteiger partial charge on any atom is -0.373 e. The van der Waals surface area contributed by atoms with Crippen molar-refractivity contribution in [2.45, 2.75) is 32.5 Å². The van der Waals surface area contributed by atoms with Crippen LogP contribution in [-0.4, -0.2) is 59.0 Å². The van der Waals surface area contributed by atoms with Gasteiger partial charge in [0.1, 0.15) is 5.69 Å². The molecule has 0 spiro atoms.